The van der Waals surface area contributed by atoms with Gasteiger partial charge >= 0.3 is 5.51 Å². The van der Waals surface area contributed by atoms with Gasteiger partial charge in [-0.25, -0.2) is 8.42 Å². The molecular weight excluding hydrogens is 365 g/mol. The van der Waals surface area contributed by atoms with Crippen molar-refractivity contribution in [2.75, 3.05) is 0 Å². The number of sulfone groups is 1. The number of halogens is 3. The Labute approximate surface area is 148 Å². The molecule has 3 aromatic rings. The molecule has 0 amide bonds. The molecule has 0 radical (unpaired) electrons. The first kappa shape index (κ1) is 18.0. The predicted molar refractivity (Wildman–Crippen MR) is 91.6 cm³/mol. The molecule has 0 fully saturated rings. The van der Waals surface area contributed by atoms with Gasteiger partial charge in [0.25, 0.3) is 9.84 Å². The zero-order chi connectivity index (χ0) is 18.8. The Morgan fingerprint density at radius 3 is 1.62 bits per heavy atom. The van der Waals surface area contributed by atoms with E-state index in [1.54, 1.807) is 12.1 Å². The summed E-state index contributed by atoms with van der Waals surface area (Å²) in [7, 11) is -5.36. The molecule has 134 valence electrons. The molecule has 0 saturated carbocycles. The van der Waals surface area contributed by atoms with Crippen LogP contribution in [-0.2, 0) is 9.84 Å². The number of hydrogen-bond acceptors (Lipinski definition) is 3. The second kappa shape index (κ2) is 6.84. The summed E-state index contributed by atoms with van der Waals surface area (Å²) in [6.45, 7) is 0. The molecule has 0 N–H and O–H groups in total. The zero-order valence-corrected chi connectivity index (χ0v) is 14.1. The summed E-state index contributed by atoms with van der Waals surface area (Å²) in [5.41, 5.74) is -3.30. The number of benzene rings is 3. The summed E-state index contributed by atoms with van der Waals surface area (Å²) in [4.78, 5) is -0.822. The Kier molecular flexibility index (Phi) is 4.73. The van der Waals surface area contributed by atoms with Crippen LogP contribution in [0.2, 0.25) is 0 Å². The van der Waals surface area contributed by atoms with E-state index in [9.17, 15) is 21.6 Å². The molecule has 0 aliphatic rings. The molecule has 0 saturated heterocycles. The Morgan fingerprint density at radius 2 is 1.12 bits per heavy atom. The molecule has 3 rings (SSSR count). The van der Waals surface area contributed by atoms with Crippen LogP contribution in [0.4, 0.5) is 13.2 Å². The Bertz CT molecular complexity index is 979. The van der Waals surface area contributed by atoms with E-state index in [1.165, 1.54) is 12.1 Å². The number of rotatable bonds is 4. The Morgan fingerprint density at radius 1 is 0.654 bits per heavy atom. The topological polar surface area (TPSA) is 43.4 Å². The molecule has 0 heterocycles. The minimum Gasteiger partial charge on any atom is -0.457 e. The van der Waals surface area contributed by atoms with Crippen molar-refractivity contribution in [2.24, 2.45) is 0 Å². The molecule has 0 unspecified atom stereocenters. The second-order valence-electron chi connectivity index (χ2n) is 5.41. The van der Waals surface area contributed by atoms with E-state index in [1.807, 2.05) is 42.5 Å². The number of ether oxygens (including phenoxy) is 1. The third kappa shape index (κ3) is 3.72. The molecule has 7 heteroatoms. The summed E-state index contributed by atoms with van der Waals surface area (Å²) in [6.07, 6.45) is 0. The monoisotopic (exact) mass is 378 g/mol. The van der Waals surface area contributed by atoms with E-state index in [0.29, 0.717) is 5.75 Å². The molecule has 26 heavy (non-hydrogen) atoms. The van der Waals surface area contributed by atoms with E-state index in [0.717, 1.165) is 23.3 Å². The zero-order valence-electron chi connectivity index (χ0n) is 13.3. The standard InChI is InChI=1S/C19H13F3O3S/c20-19(21,22)26(23,24)18-12-10-17(11-13-18)25-16-8-6-15(7-9-16)14-4-2-1-3-5-14/h1-13H. The summed E-state index contributed by atoms with van der Waals surface area (Å²) in [5.74, 6) is 0.717. The lowest BCUT2D eigenvalue weighted by atomic mass is 10.1. The van der Waals surface area contributed by atoms with Crippen LogP contribution >= 0.6 is 0 Å². The quantitative estimate of drug-likeness (QED) is 0.607. The smallest absolute Gasteiger partial charge is 0.457 e. The highest BCUT2D eigenvalue weighted by Crippen LogP contribution is 2.32. The van der Waals surface area contributed by atoms with Crippen LogP contribution in [0.1, 0.15) is 0 Å². The minimum atomic E-state index is -5.36. The van der Waals surface area contributed by atoms with Crippen molar-refractivity contribution in [1.82, 2.24) is 0 Å². The first-order valence-electron chi connectivity index (χ1n) is 7.52. The lowest BCUT2D eigenvalue weighted by Gasteiger charge is -2.10. The van der Waals surface area contributed by atoms with E-state index < -0.39 is 20.2 Å². The lowest BCUT2D eigenvalue weighted by Crippen LogP contribution is -2.23. The van der Waals surface area contributed by atoms with E-state index in [2.05, 4.69) is 0 Å². The fraction of sp³-hybridized carbons (Fsp3) is 0.0526. The summed E-state index contributed by atoms with van der Waals surface area (Å²) in [5, 5.41) is 0. The highest BCUT2D eigenvalue weighted by molar-refractivity contribution is 7.92. The molecule has 0 aliphatic carbocycles. The van der Waals surface area contributed by atoms with Crippen molar-refractivity contribution in [2.45, 2.75) is 10.4 Å². The van der Waals surface area contributed by atoms with Crippen molar-refractivity contribution >= 4 is 9.84 Å². The van der Waals surface area contributed by atoms with Gasteiger partial charge in [-0.05, 0) is 47.5 Å². The average molecular weight is 378 g/mol. The van der Waals surface area contributed by atoms with Crippen molar-refractivity contribution in [3.05, 3.63) is 78.9 Å². The fourth-order valence-electron chi connectivity index (χ4n) is 2.30. The maximum absolute atomic E-state index is 12.5. The van der Waals surface area contributed by atoms with Crippen molar-refractivity contribution in [3.63, 3.8) is 0 Å². The van der Waals surface area contributed by atoms with Gasteiger partial charge in [-0.2, -0.15) is 13.2 Å². The Hall–Kier alpha value is -2.80. The van der Waals surface area contributed by atoms with Gasteiger partial charge in [-0.1, -0.05) is 42.5 Å². The maximum atomic E-state index is 12.5. The van der Waals surface area contributed by atoms with Gasteiger partial charge in [0.2, 0.25) is 0 Å². The third-order valence-corrected chi connectivity index (χ3v) is 5.14. The van der Waals surface area contributed by atoms with Crippen LogP contribution in [-0.4, -0.2) is 13.9 Å². The molecule has 0 aromatic heterocycles. The van der Waals surface area contributed by atoms with Gasteiger partial charge in [0, 0.05) is 0 Å². The summed E-state index contributed by atoms with van der Waals surface area (Å²) in [6, 6.07) is 21.0. The molecular formula is C19H13F3O3S. The second-order valence-corrected chi connectivity index (χ2v) is 7.35. The van der Waals surface area contributed by atoms with E-state index in [4.69, 9.17) is 4.74 Å². The van der Waals surface area contributed by atoms with Crippen LogP contribution in [0.25, 0.3) is 11.1 Å². The van der Waals surface area contributed by atoms with E-state index >= 15 is 0 Å². The predicted octanol–water partition coefficient (Wildman–Crippen LogP) is 5.44. The van der Waals surface area contributed by atoms with Crippen LogP contribution in [0, 0.1) is 0 Å². The lowest BCUT2D eigenvalue weighted by molar-refractivity contribution is -0.0436. The average Bonchev–Trinajstić information content (AvgIpc) is 2.63. The molecule has 0 aliphatic heterocycles. The van der Waals surface area contributed by atoms with Gasteiger partial charge in [0.1, 0.15) is 11.5 Å². The fourth-order valence-corrected chi connectivity index (χ4v) is 3.06. The van der Waals surface area contributed by atoms with Crippen LogP contribution in [0.15, 0.2) is 83.8 Å². The molecule has 3 aromatic carbocycles. The molecule has 0 atom stereocenters. The summed E-state index contributed by atoms with van der Waals surface area (Å²) >= 11 is 0. The van der Waals surface area contributed by atoms with Crippen LogP contribution in [0.3, 0.4) is 0 Å². The Balaban J connectivity index is 1.76. The summed E-state index contributed by atoms with van der Waals surface area (Å²) < 4.78 is 65.8. The van der Waals surface area contributed by atoms with Crippen molar-refractivity contribution in [1.29, 1.82) is 0 Å². The highest BCUT2D eigenvalue weighted by atomic mass is 32.2. The van der Waals surface area contributed by atoms with E-state index in [-0.39, 0.29) is 5.75 Å². The van der Waals surface area contributed by atoms with Gasteiger partial charge in [-0.15, -0.1) is 0 Å². The molecule has 0 bridgehead atoms. The number of alkyl halides is 3. The van der Waals surface area contributed by atoms with Gasteiger partial charge in [-0.3, -0.25) is 0 Å². The van der Waals surface area contributed by atoms with Crippen LogP contribution in [0.5, 0.6) is 11.5 Å². The largest absolute Gasteiger partial charge is 0.501 e. The molecule has 0 spiro atoms. The SMILES string of the molecule is O=S(=O)(c1ccc(Oc2ccc(-c3ccccc3)cc2)cc1)C(F)(F)F. The van der Waals surface area contributed by atoms with Gasteiger partial charge in [0.15, 0.2) is 0 Å². The first-order chi connectivity index (χ1) is 12.3. The highest BCUT2D eigenvalue weighted by Gasteiger charge is 2.46. The van der Waals surface area contributed by atoms with Crippen LogP contribution < -0.4 is 4.74 Å². The third-order valence-electron chi connectivity index (χ3n) is 3.64. The van der Waals surface area contributed by atoms with Crippen molar-refractivity contribution in [3.8, 4) is 22.6 Å². The van der Waals surface area contributed by atoms with Crippen molar-refractivity contribution < 1.29 is 26.3 Å². The van der Waals surface area contributed by atoms with Gasteiger partial charge in [0.05, 0.1) is 4.90 Å². The normalized spacial score (nSPS) is 12.0. The van der Waals surface area contributed by atoms with Gasteiger partial charge < -0.3 is 4.74 Å². The minimum absolute atomic E-state index is 0.235. The maximum Gasteiger partial charge on any atom is 0.501 e. The molecule has 3 nitrogen and oxygen atoms in total. The number of hydrogen-bond donors (Lipinski definition) is 0. The first-order valence-corrected chi connectivity index (χ1v) is 9.00.